The maximum Gasteiger partial charge on any atom is 0.161 e. The molecule has 0 radical (unpaired) electrons. The summed E-state index contributed by atoms with van der Waals surface area (Å²) in [4.78, 5) is 1.96. The van der Waals surface area contributed by atoms with Crippen LogP contribution in [0.15, 0.2) is 12.1 Å². The zero-order chi connectivity index (χ0) is 12.4. The van der Waals surface area contributed by atoms with Crippen molar-refractivity contribution in [2.45, 2.75) is 25.4 Å². The molecule has 1 aliphatic heterocycles. The molecule has 0 aliphatic carbocycles. The molecule has 1 aromatic carbocycles. The average Bonchev–Trinajstić information content (AvgIpc) is 2.26. The lowest BCUT2D eigenvalue weighted by Crippen LogP contribution is -2.42. The molecule has 1 saturated heterocycles. The summed E-state index contributed by atoms with van der Waals surface area (Å²) < 4.78 is 39.2. The average molecular weight is 244 g/mol. The Hall–Kier alpha value is -1.07. The van der Waals surface area contributed by atoms with Gasteiger partial charge in [0.05, 0.1) is 0 Å². The SMILES string of the molecule is NC1CCCN(Cc2cc(F)c(F)cc2F)C1. The van der Waals surface area contributed by atoms with Gasteiger partial charge in [-0.1, -0.05) is 0 Å². The van der Waals surface area contributed by atoms with Gasteiger partial charge >= 0.3 is 0 Å². The van der Waals surface area contributed by atoms with E-state index in [0.717, 1.165) is 25.5 Å². The minimum Gasteiger partial charge on any atom is -0.327 e. The van der Waals surface area contributed by atoms with E-state index in [-0.39, 0.29) is 18.2 Å². The zero-order valence-electron chi connectivity index (χ0n) is 9.43. The van der Waals surface area contributed by atoms with Gasteiger partial charge in [0.25, 0.3) is 0 Å². The van der Waals surface area contributed by atoms with E-state index in [0.29, 0.717) is 12.6 Å². The van der Waals surface area contributed by atoms with Gasteiger partial charge in [-0.2, -0.15) is 0 Å². The zero-order valence-corrected chi connectivity index (χ0v) is 9.43. The predicted molar refractivity (Wildman–Crippen MR) is 58.8 cm³/mol. The highest BCUT2D eigenvalue weighted by molar-refractivity contribution is 5.20. The monoisotopic (exact) mass is 244 g/mol. The van der Waals surface area contributed by atoms with Gasteiger partial charge in [-0.05, 0) is 25.5 Å². The Morgan fingerprint density at radius 2 is 1.88 bits per heavy atom. The number of nitrogens with two attached hydrogens (primary N) is 1. The number of nitrogens with zero attached hydrogens (tertiary/aromatic N) is 1. The van der Waals surface area contributed by atoms with Crippen molar-refractivity contribution in [2.75, 3.05) is 13.1 Å². The molecule has 94 valence electrons. The van der Waals surface area contributed by atoms with Crippen LogP contribution in [-0.2, 0) is 6.54 Å². The quantitative estimate of drug-likeness (QED) is 0.806. The first kappa shape index (κ1) is 12.4. The molecule has 1 atom stereocenters. The van der Waals surface area contributed by atoms with E-state index in [4.69, 9.17) is 5.73 Å². The summed E-state index contributed by atoms with van der Waals surface area (Å²) >= 11 is 0. The van der Waals surface area contributed by atoms with Crippen molar-refractivity contribution in [3.8, 4) is 0 Å². The van der Waals surface area contributed by atoms with E-state index in [1.54, 1.807) is 0 Å². The molecule has 0 saturated carbocycles. The van der Waals surface area contributed by atoms with Crippen LogP contribution in [0.1, 0.15) is 18.4 Å². The lowest BCUT2D eigenvalue weighted by Gasteiger charge is -2.30. The molecular formula is C12H15F3N2. The molecule has 2 nitrogen and oxygen atoms in total. The van der Waals surface area contributed by atoms with Crippen molar-refractivity contribution in [3.05, 3.63) is 35.1 Å². The number of rotatable bonds is 2. The largest absolute Gasteiger partial charge is 0.327 e. The van der Waals surface area contributed by atoms with Crippen LogP contribution in [0.3, 0.4) is 0 Å². The highest BCUT2D eigenvalue weighted by Crippen LogP contribution is 2.18. The second-order valence-electron chi connectivity index (χ2n) is 4.50. The van der Waals surface area contributed by atoms with Gasteiger partial charge in [0.2, 0.25) is 0 Å². The normalized spacial score (nSPS) is 21.8. The highest BCUT2D eigenvalue weighted by Gasteiger charge is 2.19. The summed E-state index contributed by atoms with van der Waals surface area (Å²) in [6.45, 7) is 1.75. The third-order valence-electron chi connectivity index (χ3n) is 3.03. The van der Waals surface area contributed by atoms with Crippen molar-refractivity contribution < 1.29 is 13.2 Å². The van der Waals surface area contributed by atoms with E-state index in [2.05, 4.69) is 0 Å². The molecule has 0 aromatic heterocycles. The Morgan fingerprint density at radius 1 is 1.18 bits per heavy atom. The number of hydrogen-bond acceptors (Lipinski definition) is 2. The molecule has 1 fully saturated rings. The Labute approximate surface area is 98.2 Å². The first-order chi connectivity index (χ1) is 8.06. The summed E-state index contributed by atoms with van der Waals surface area (Å²) in [6, 6.07) is 1.59. The van der Waals surface area contributed by atoms with Crippen LogP contribution in [0.5, 0.6) is 0 Å². The highest BCUT2D eigenvalue weighted by atomic mass is 19.2. The van der Waals surface area contributed by atoms with Crippen molar-refractivity contribution in [2.24, 2.45) is 5.73 Å². The van der Waals surface area contributed by atoms with Gasteiger partial charge in [-0.3, -0.25) is 4.90 Å². The van der Waals surface area contributed by atoms with Crippen LogP contribution < -0.4 is 5.73 Å². The molecule has 0 amide bonds. The summed E-state index contributed by atoms with van der Waals surface area (Å²) in [6.07, 6.45) is 1.91. The van der Waals surface area contributed by atoms with Crippen LogP contribution >= 0.6 is 0 Å². The van der Waals surface area contributed by atoms with Gasteiger partial charge in [-0.15, -0.1) is 0 Å². The van der Waals surface area contributed by atoms with Crippen molar-refractivity contribution in [1.29, 1.82) is 0 Å². The second kappa shape index (κ2) is 5.06. The van der Waals surface area contributed by atoms with E-state index in [9.17, 15) is 13.2 Å². The molecule has 0 spiro atoms. The van der Waals surface area contributed by atoms with E-state index >= 15 is 0 Å². The van der Waals surface area contributed by atoms with Crippen LogP contribution in [-0.4, -0.2) is 24.0 Å². The van der Waals surface area contributed by atoms with E-state index in [1.807, 2.05) is 4.90 Å². The molecule has 2 rings (SSSR count). The van der Waals surface area contributed by atoms with Gasteiger partial charge in [-0.25, -0.2) is 13.2 Å². The summed E-state index contributed by atoms with van der Waals surface area (Å²) in [5, 5.41) is 0. The van der Waals surface area contributed by atoms with Gasteiger partial charge in [0.15, 0.2) is 11.6 Å². The third kappa shape index (κ3) is 2.98. The third-order valence-corrected chi connectivity index (χ3v) is 3.03. The van der Waals surface area contributed by atoms with E-state index < -0.39 is 17.5 Å². The molecule has 0 bridgehead atoms. The van der Waals surface area contributed by atoms with Gasteiger partial charge < -0.3 is 5.73 Å². The molecule has 1 unspecified atom stereocenters. The second-order valence-corrected chi connectivity index (χ2v) is 4.50. The lowest BCUT2D eigenvalue weighted by atomic mass is 10.1. The van der Waals surface area contributed by atoms with Crippen LogP contribution in [0.4, 0.5) is 13.2 Å². The molecule has 5 heteroatoms. The van der Waals surface area contributed by atoms with Crippen molar-refractivity contribution in [3.63, 3.8) is 0 Å². The summed E-state index contributed by atoms with van der Waals surface area (Å²) in [5.41, 5.74) is 5.98. The number of benzene rings is 1. The molecule has 17 heavy (non-hydrogen) atoms. The number of likely N-dealkylation sites (tertiary alicyclic amines) is 1. The smallest absolute Gasteiger partial charge is 0.161 e. The molecular weight excluding hydrogens is 229 g/mol. The maximum absolute atomic E-state index is 13.4. The topological polar surface area (TPSA) is 29.3 Å². The standard InChI is InChI=1S/C12H15F3N2/c13-10-5-12(15)11(14)4-8(10)6-17-3-1-2-9(16)7-17/h4-5,9H,1-3,6-7,16H2. The van der Waals surface area contributed by atoms with Gasteiger partial charge in [0.1, 0.15) is 5.82 Å². The van der Waals surface area contributed by atoms with Crippen molar-refractivity contribution in [1.82, 2.24) is 4.90 Å². The predicted octanol–water partition coefficient (Wildman–Crippen LogP) is 2.03. The summed E-state index contributed by atoms with van der Waals surface area (Å²) in [5.74, 6) is -2.87. The Kier molecular flexibility index (Phi) is 3.69. The van der Waals surface area contributed by atoms with Crippen LogP contribution in [0.25, 0.3) is 0 Å². The first-order valence-corrected chi connectivity index (χ1v) is 5.67. The van der Waals surface area contributed by atoms with Crippen LogP contribution in [0, 0.1) is 17.5 Å². The molecule has 2 N–H and O–H groups in total. The lowest BCUT2D eigenvalue weighted by molar-refractivity contribution is 0.199. The number of halogens is 3. The minimum absolute atomic E-state index is 0.0807. The Bertz CT molecular complexity index is 409. The van der Waals surface area contributed by atoms with E-state index in [1.165, 1.54) is 0 Å². The number of piperidine rings is 1. The van der Waals surface area contributed by atoms with Gasteiger partial charge in [0, 0.05) is 30.8 Å². The minimum atomic E-state index is -1.15. The fraction of sp³-hybridized carbons (Fsp3) is 0.500. The Balaban J connectivity index is 2.10. The summed E-state index contributed by atoms with van der Waals surface area (Å²) in [7, 11) is 0. The number of hydrogen-bond donors (Lipinski definition) is 1. The van der Waals surface area contributed by atoms with Crippen LogP contribution in [0.2, 0.25) is 0 Å². The Morgan fingerprint density at radius 3 is 2.59 bits per heavy atom. The maximum atomic E-state index is 13.4. The fourth-order valence-electron chi connectivity index (χ4n) is 2.16. The molecule has 1 aliphatic rings. The fourth-order valence-corrected chi connectivity index (χ4v) is 2.16. The van der Waals surface area contributed by atoms with Crippen molar-refractivity contribution >= 4 is 0 Å². The molecule has 1 aromatic rings. The molecule has 1 heterocycles. The first-order valence-electron chi connectivity index (χ1n) is 5.67.